The second-order valence-electron chi connectivity index (χ2n) is 23.6. The molecular weight excluding hydrogens is 825 g/mol. The van der Waals surface area contributed by atoms with Gasteiger partial charge >= 0.3 is 24.0 Å². The molecule has 2 aromatic heterocycles. The van der Waals surface area contributed by atoms with Gasteiger partial charge < -0.3 is 29.6 Å². The maximum Gasteiger partial charge on any atom is 0.324 e. The summed E-state index contributed by atoms with van der Waals surface area (Å²) in [6, 6.07) is 0.224. The van der Waals surface area contributed by atoms with Gasteiger partial charge in [0.2, 0.25) is 11.9 Å². The molecular formula is C44H74N12O8. The van der Waals surface area contributed by atoms with E-state index in [1.807, 2.05) is 111 Å². The highest BCUT2D eigenvalue weighted by molar-refractivity contribution is 5.31. The van der Waals surface area contributed by atoms with Crippen molar-refractivity contribution >= 4 is 11.9 Å². The van der Waals surface area contributed by atoms with E-state index in [-0.39, 0.29) is 60.4 Å². The number of anilines is 2. The first-order valence-corrected chi connectivity index (χ1v) is 22.8. The minimum absolute atomic E-state index is 0.0561. The molecule has 6 heterocycles. The van der Waals surface area contributed by atoms with Crippen LogP contribution in [0.5, 0.6) is 24.0 Å². The first kappa shape index (κ1) is 49.9. The van der Waals surface area contributed by atoms with E-state index in [0.717, 1.165) is 20.3 Å². The number of hydrogen-bond donors (Lipinski definition) is 2. The van der Waals surface area contributed by atoms with E-state index in [4.69, 9.17) is 18.9 Å². The van der Waals surface area contributed by atoms with Crippen molar-refractivity contribution in [3.63, 3.8) is 0 Å². The fourth-order valence-corrected chi connectivity index (χ4v) is 11.0. The van der Waals surface area contributed by atoms with Crippen LogP contribution in [-0.2, 0) is 20.8 Å². The minimum Gasteiger partial charge on any atom is -0.460 e. The zero-order chi connectivity index (χ0) is 47.6. The monoisotopic (exact) mass is 899 g/mol. The zero-order valence-corrected chi connectivity index (χ0v) is 41.1. The van der Waals surface area contributed by atoms with Crippen molar-refractivity contribution in [2.75, 3.05) is 23.7 Å². The molecule has 2 N–H and O–H groups in total. The highest BCUT2D eigenvalue weighted by Gasteiger charge is 2.51. The fourth-order valence-electron chi connectivity index (χ4n) is 11.0. The van der Waals surface area contributed by atoms with Gasteiger partial charge in [-0.3, -0.25) is 0 Å². The molecule has 358 valence electrons. The average Bonchev–Trinajstić information content (AvgIpc) is 3.11. The van der Waals surface area contributed by atoms with E-state index in [1.165, 1.54) is 0 Å². The lowest BCUT2D eigenvalue weighted by Gasteiger charge is -2.49. The van der Waals surface area contributed by atoms with E-state index in [0.29, 0.717) is 64.5 Å². The van der Waals surface area contributed by atoms with E-state index in [2.05, 4.69) is 40.5 Å². The number of rotatable bonds is 13. The standard InChI is InChI=1S/C44H74N12O8/c1-37(2)19-27(20-38(3,4)53(37)57)61-33-47-31(48-34(51-33)62-28-21-39(5,6)54(58)40(7,8)22-28)45-17-18-46-32-49-35(63-29-23-41(9,10)55(59)42(11,12)24-29)52-36(50-32)64-30-25-43(13,14)56(60)44(15,16)26-30/h27-30H,17-26H2,1-16H3,(H,45,47,48,51)(H,46,49,50,52). The molecule has 0 unspecified atom stereocenters. The van der Waals surface area contributed by atoms with E-state index in [1.54, 1.807) is 0 Å². The number of piperidine rings is 4. The molecule has 4 aliphatic rings. The first-order chi connectivity index (χ1) is 29.2. The second-order valence-corrected chi connectivity index (χ2v) is 23.6. The topological polar surface area (TPSA) is 231 Å². The quantitative estimate of drug-likeness (QED) is 0.203. The largest absolute Gasteiger partial charge is 0.460 e. The molecule has 0 spiro atoms. The Hall–Kier alpha value is -3.50. The van der Waals surface area contributed by atoms with Gasteiger partial charge in [-0.05, 0) is 111 Å². The molecule has 0 saturated carbocycles. The van der Waals surface area contributed by atoms with Gasteiger partial charge in [0.25, 0.3) is 0 Å². The highest BCUT2D eigenvalue weighted by atomic mass is 16.5. The second kappa shape index (κ2) is 17.3. The molecule has 4 saturated heterocycles. The molecule has 0 atom stereocenters. The summed E-state index contributed by atoms with van der Waals surface area (Å²) in [4.78, 5) is 27.6. The van der Waals surface area contributed by atoms with Gasteiger partial charge in [0, 0.05) is 109 Å². The number of hydroxylamine groups is 8. The Labute approximate surface area is 379 Å². The van der Waals surface area contributed by atoms with Crippen LogP contribution in [0.3, 0.4) is 0 Å². The molecule has 2 aromatic rings. The van der Waals surface area contributed by atoms with Crippen molar-refractivity contribution in [2.45, 2.75) is 231 Å². The summed E-state index contributed by atoms with van der Waals surface area (Å²) in [6.45, 7) is 31.0. The molecule has 0 amide bonds. The van der Waals surface area contributed by atoms with Crippen LogP contribution >= 0.6 is 0 Å². The van der Waals surface area contributed by atoms with Crippen LogP contribution in [0.2, 0.25) is 0 Å². The van der Waals surface area contributed by atoms with E-state index >= 15 is 0 Å². The number of nitrogens with one attached hydrogen (secondary N) is 2. The number of nitrogens with zero attached hydrogens (tertiary/aromatic N) is 10. The maximum absolute atomic E-state index is 13.1. The highest BCUT2D eigenvalue weighted by Crippen LogP contribution is 2.42. The van der Waals surface area contributed by atoms with Crippen molar-refractivity contribution in [2.24, 2.45) is 0 Å². The third-order valence-electron chi connectivity index (χ3n) is 13.2. The van der Waals surface area contributed by atoms with Crippen molar-refractivity contribution in [1.29, 1.82) is 0 Å². The van der Waals surface area contributed by atoms with Gasteiger partial charge in [-0.25, -0.2) is 0 Å². The maximum atomic E-state index is 13.1. The summed E-state index contributed by atoms with van der Waals surface area (Å²) >= 11 is 0. The van der Waals surface area contributed by atoms with Crippen LogP contribution in [0, 0.1) is 0 Å². The molecule has 64 heavy (non-hydrogen) atoms. The molecule has 4 fully saturated rings. The third-order valence-corrected chi connectivity index (χ3v) is 13.2. The minimum atomic E-state index is -0.677. The van der Waals surface area contributed by atoms with Crippen LogP contribution in [0.25, 0.3) is 0 Å². The molecule has 20 heteroatoms. The van der Waals surface area contributed by atoms with Gasteiger partial charge in [0.1, 0.15) is 24.4 Å². The van der Waals surface area contributed by atoms with E-state index < -0.39 is 44.3 Å². The summed E-state index contributed by atoms with van der Waals surface area (Å²) in [5, 5.41) is 63.5. The Bertz CT molecular complexity index is 1630. The van der Waals surface area contributed by atoms with Gasteiger partial charge in [-0.1, -0.05) is 0 Å². The lowest BCUT2D eigenvalue weighted by atomic mass is 9.80. The number of aromatic nitrogens is 6. The van der Waals surface area contributed by atoms with Crippen LogP contribution < -0.4 is 29.6 Å². The lowest BCUT2D eigenvalue weighted by Crippen LogP contribution is -2.60. The summed E-state index contributed by atoms with van der Waals surface area (Å²) in [7, 11) is 0. The van der Waals surface area contributed by atoms with Crippen LogP contribution in [-0.4, -0.2) is 132 Å². The summed E-state index contributed by atoms with van der Waals surface area (Å²) in [5.74, 6) is 0.407. The molecule has 6 rings (SSSR count). The van der Waals surface area contributed by atoms with Crippen molar-refractivity contribution in [3.8, 4) is 24.0 Å². The zero-order valence-electron chi connectivity index (χ0n) is 41.1. The first-order valence-electron chi connectivity index (χ1n) is 22.8. The predicted octanol–water partition coefficient (Wildman–Crippen LogP) is 6.56. The van der Waals surface area contributed by atoms with Gasteiger partial charge in [0.05, 0.1) is 0 Å². The Kier molecular flexibility index (Phi) is 13.5. The summed E-state index contributed by atoms with van der Waals surface area (Å²) < 4.78 is 25.7. The SMILES string of the molecule is CC1(C)CC(Oc2nc(NCCNc3nc(OC4CC(C)(C)N([O])C(C)(C)C4)nc(OC4CC(C)(C)N([O])C(C)(C)C4)n3)nc(OC3CC(C)(C)N([O])C(C)(C)C3)n2)CC(C)(C)N1[O]. The predicted molar refractivity (Wildman–Crippen MR) is 234 cm³/mol. The molecule has 0 aliphatic carbocycles. The van der Waals surface area contributed by atoms with Gasteiger partial charge in [-0.15, -0.1) is 51.0 Å². The normalized spacial score (nSPS) is 26.2. The summed E-state index contributed by atoms with van der Waals surface area (Å²) in [6.07, 6.45) is 2.28. The van der Waals surface area contributed by atoms with Crippen molar-refractivity contribution < 1.29 is 39.8 Å². The number of ether oxygens (including phenoxy) is 4. The van der Waals surface area contributed by atoms with Crippen LogP contribution in [0.1, 0.15) is 162 Å². The Balaban J connectivity index is 1.21. The molecule has 0 aromatic carbocycles. The average molecular weight is 899 g/mol. The Morgan fingerprint density at radius 1 is 0.359 bits per heavy atom. The Morgan fingerprint density at radius 2 is 0.531 bits per heavy atom. The number of hydrogen-bond acceptors (Lipinski definition) is 16. The summed E-state index contributed by atoms with van der Waals surface area (Å²) in [5.41, 5.74) is -5.42. The Morgan fingerprint density at radius 3 is 0.703 bits per heavy atom. The molecule has 20 nitrogen and oxygen atoms in total. The van der Waals surface area contributed by atoms with Gasteiger partial charge in [0.15, 0.2) is 0 Å². The van der Waals surface area contributed by atoms with Gasteiger partial charge in [-0.2, -0.15) is 19.9 Å². The fraction of sp³-hybridized carbons (Fsp3) is 0.864. The molecule has 0 bridgehead atoms. The molecule has 4 aliphatic heterocycles. The van der Waals surface area contributed by atoms with E-state index in [9.17, 15) is 20.8 Å². The van der Waals surface area contributed by atoms with Crippen LogP contribution in [0.4, 0.5) is 11.9 Å². The lowest BCUT2D eigenvalue weighted by molar-refractivity contribution is -0.297. The van der Waals surface area contributed by atoms with Crippen molar-refractivity contribution in [1.82, 2.24) is 50.2 Å². The van der Waals surface area contributed by atoms with Crippen molar-refractivity contribution in [3.05, 3.63) is 0 Å². The third kappa shape index (κ3) is 11.2. The smallest absolute Gasteiger partial charge is 0.324 e. The molecule has 4 radical (unpaired) electrons. The van der Waals surface area contributed by atoms with Crippen LogP contribution in [0.15, 0.2) is 0 Å².